The second kappa shape index (κ2) is 8.22. The van der Waals surface area contributed by atoms with Crippen LogP contribution in [0.5, 0.6) is 0 Å². The van der Waals surface area contributed by atoms with E-state index in [9.17, 15) is 23.1 Å². The van der Waals surface area contributed by atoms with E-state index in [1.807, 2.05) is 6.92 Å². The van der Waals surface area contributed by atoms with E-state index in [-0.39, 0.29) is 27.6 Å². The van der Waals surface area contributed by atoms with E-state index in [1.54, 1.807) is 25.2 Å². The number of carboxylic acids is 1. The SMILES string of the molecule is CCCN(C)C(=O)c1cc(C(=O)O)cc(N(C)S(=O)(=O)c2ccccc2)c1. The first-order valence-corrected chi connectivity index (χ1v) is 9.80. The number of carbonyl (C=O) groups is 2. The molecule has 0 heterocycles. The molecule has 0 saturated heterocycles. The number of hydrogen-bond donors (Lipinski definition) is 1. The number of aromatic carboxylic acids is 1. The van der Waals surface area contributed by atoms with Gasteiger partial charge in [-0.15, -0.1) is 0 Å². The van der Waals surface area contributed by atoms with Gasteiger partial charge in [0.15, 0.2) is 0 Å². The molecule has 8 heteroatoms. The third-order valence-corrected chi connectivity index (χ3v) is 5.88. The minimum atomic E-state index is -3.89. The van der Waals surface area contributed by atoms with E-state index in [2.05, 4.69) is 0 Å². The number of amides is 1. The van der Waals surface area contributed by atoms with E-state index in [1.165, 1.54) is 42.3 Å². The largest absolute Gasteiger partial charge is 0.478 e. The van der Waals surface area contributed by atoms with Gasteiger partial charge in [0.25, 0.3) is 15.9 Å². The Hall–Kier alpha value is -2.87. The van der Waals surface area contributed by atoms with Gasteiger partial charge in [0, 0.05) is 26.2 Å². The van der Waals surface area contributed by atoms with Crippen molar-refractivity contribution in [2.24, 2.45) is 0 Å². The Morgan fingerprint density at radius 1 is 1.00 bits per heavy atom. The Labute approximate surface area is 158 Å². The van der Waals surface area contributed by atoms with Crippen molar-refractivity contribution in [2.45, 2.75) is 18.2 Å². The fourth-order valence-corrected chi connectivity index (χ4v) is 3.79. The third-order valence-electron chi connectivity index (χ3n) is 4.08. The molecule has 1 N–H and O–H groups in total. The molecule has 0 aromatic heterocycles. The molecular formula is C19H22N2O5S. The van der Waals surface area contributed by atoms with Crippen LogP contribution in [0, 0.1) is 0 Å². The monoisotopic (exact) mass is 390 g/mol. The zero-order valence-corrected chi connectivity index (χ0v) is 16.2. The highest BCUT2D eigenvalue weighted by atomic mass is 32.2. The molecule has 2 aromatic rings. The molecule has 0 radical (unpaired) electrons. The number of hydrogen-bond acceptors (Lipinski definition) is 4. The summed E-state index contributed by atoms with van der Waals surface area (Å²) in [5, 5.41) is 9.37. The van der Waals surface area contributed by atoms with Crippen LogP contribution >= 0.6 is 0 Å². The summed E-state index contributed by atoms with van der Waals surface area (Å²) in [5.74, 6) is -1.61. The summed E-state index contributed by atoms with van der Waals surface area (Å²) < 4.78 is 26.6. The van der Waals surface area contributed by atoms with Gasteiger partial charge in [-0.1, -0.05) is 25.1 Å². The van der Waals surface area contributed by atoms with Crippen LogP contribution < -0.4 is 4.31 Å². The number of sulfonamides is 1. The number of carbonyl (C=O) groups excluding carboxylic acids is 1. The quantitative estimate of drug-likeness (QED) is 0.784. The number of anilines is 1. The molecule has 0 aliphatic heterocycles. The predicted molar refractivity (Wildman–Crippen MR) is 103 cm³/mol. The molecular weight excluding hydrogens is 368 g/mol. The van der Waals surface area contributed by atoms with E-state index in [0.717, 1.165) is 10.7 Å². The topological polar surface area (TPSA) is 95.0 Å². The Morgan fingerprint density at radius 3 is 2.15 bits per heavy atom. The van der Waals surface area contributed by atoms with E-state index < -0.39 is 16.0 Å². The first-order chi connectivity index (χ1) is 12.7. The predicted octanol–water partition coefficient (Wildman–Crippen LogP) is 2.69. The number of nitrogens with zero attached hydrogens (tertiary/aromatic N) is 2. The van der Waals surface area contributed by atoms with E-state index in [0.29, 0.717) is 6.54 Å². The van der Waals surface area contributed by atoms with Crippen LogP contribution in [-0.4, -0.2) is 50.9 Å². The summed E-state index contributed by atoms with van der Waals surface area (Å²) in [5.41, 5.74) is 0.0684. The highest BCUT2D eigenvalue weighted by Gasteiger charge is 2.24. The third kappa shape index (κ3) is 4.46. The first-order valence-electron chi connectivity index (χ1n) is 8.36. The molecule has 0 fully saturated rings. The summed E-state index contributed by atoms with van der Waals surface area (Å²) in [6, 6.07) is 11.7. The lowest BCUT2D eigenvalue weighted by atomic mass is 10.1. The maximum absolute atomic E-state index is 12.8. The number of rotatable bonds is 7. The van der Waals surface area contributed by atoms with E-state index >= 15 is 0 Å². The van der Waals surface area contributed by atoms with Gasteiger partial charge >= 0.3 is 5.97 Å². The van der Waals surface area contributed by atoms with Gasteiger partial charge in [0.2, 0.25) is 0 Å². The highest BCUT2D eigenvalue weighted by molar-refractivity contribution is 7.92. The van der Waals surface area contributed by atoms with Crippen LogP contribution in [0.2, 0.25) is 0 Å². The molecule has 0 spiro atoms. The molecule has 0 aliphatic carbocycles. The molecule has 7 nitrogen and oxygen atoms in total. The van der Waals surface area contributed by atoms with Crippen molar-refractivity contribution in [1.82, 2.24) is 4.90 Å². The van der Waals surface area contributed by atoms with Crippen molar-refractivity contribution in [3.05, 3.63) is 59.7 Å². The zero-order valence-electron chi connectivity index (χ0n) is 15.4. The minimum absolute atomic E-state index is 0.0733. The molecule has 1 amide bonds. The van der Waals surface area contributed by atoms with Crippen LogP contribution in [0.15, 0.2) is 53.4 Å². The van der Waals surface area contributed by atoms with Gasteiger partial charge in [-0.3, -0.25) is 9.10 Å². The van der Waals surface area contributed by atoms with E-state index in [4.69, 9.17) is 0 Å². The summed E-state index contributed by atoms with van der Waals surface area (Å²) in [6.45, 7) is 2.42. The fraction of sp³-hybridized carbons (Fsp3) is 0.263. The van der Waals surface area contributed by atoms with Crippen molar-refractivity contribution < 1.29 is 23.1 Å². The lowest BCUT2D eigenvalue weighted by Crippen LogP contribution is -2.29. The van der Waals surface area contributed by atoms with Gasteiger partial charge in [0.05, 0.1) is 16.1 Å². The lowest BCUT2D eigenvalue weighted by molar-refractivity contribution is 0.0697. The summed E-state index contributed by atoms with van der Waals surface area (Å²) in [7, 11) is -0.951. The van der Waals surface area contributed by atoms with Crippen molar-refractivity contribution in [2.75, 3.05) is 24.9 Å². The first kappa shape index (κ1) is 20.4. The van der Waals surface area contributed by atoms with Gasteiger partial charge in [-0.05, 0) is 36.8 Å². The van der Waals surface area contributed by atoms with Crippen LogP contribution in [0.3, 0.4) is 0 Å². The summed E-state index contributed by atoms with van der Waals surface area (Å²) >= 11 is 0. The van der Waals surface area contributed by atoms with Gasteiger partial charge < -0.3 is 10.0 Å². The molecule has 2 aromatic carbocycles. The molecule has 0 aliphatic rings. The Kier molecular flexibility index (Phi) is 6.22. The molecule has 0 saturated carbocycles. The van der Waals surface area contributed by atoms with Crippen molar-refractivity contribution in [3.63, 3.8) is 0 Å². The average Bonchev–Trinajstić information content (AvgIpc) is 2.67. The number of carboxylic acid groups (broad SMARTS) is 1. The zero-order chi connectivity index (χ0) is 20.2. The second-order valence-electron chi connectivity index (χ2n) is 6.09. The maximum Gasteiger partial charge on any atom is 0.335 e. The molecule has 0 atom stereocenters. The smallest absolute Gasteiger partial charge is 0.335 e. The number of benzene rings is 2. The van der Waals surface area contributed by atoms with Crippen LogP contribution in [0.4, 0.5) is 5.69 Å². The van der Waals surface area contributed by atoms with Crippen molar-refractivity contribution >= 4 is 27.6 Å². The molecule has 144 valence electrons. The standard InChI is InChI=1S/C19H22N2O5S/c1-4-10-20(2)18(22)14-11-15(19(23)24)13-16(12-14)21(3)27(25,26)17-8-6-5-7-9-17/h5-9,11-13H,4,10H2,1-3H3,(H,23,24). The van der Waals surface area contributed by atoms with Gasteiger partial charge in [-0.25, -0.2) is 13.2 Å². The molecule has 0 bridgehead atoms. The minimum Gasteiger partial charge on any atom is -0.478 e. The van der Waals surface area contributed by atoms with Crippen molar-refractivity contribution in [1.29, 1.82) is 0 Å². The second-order valence-corrected chi connectivity index (χ2v) is 8.06. The molecule has 2 rings (SSSR count). The summed E-state index contributed by atoms with van der Waals surface area (Å²) in [4.78, 5) is 25.6. The normalized spacial score (nSPS) is 11.1. The van der Waals surface area contributed by atoms with Crippen molar-refractivity contribution in [3.8, 4) is 0 Å². The Morgan fingerprint density at radius 2 is 1.59 bits per heavy atom. The average molecular weight is 390 g/mol. The lowest BCUT2D eigenvalue weighted by Gasteiger charge is -2.22. The maximum atomic E-state index is 12.8. The Bertz CT molecular complexity index is 942. The van der Waals surface area contributed by atoms with Crippen LogP contribution in [-0.2, 0) is 10.0 Å². The van der Waals surface area contributed by atoms with Crippen LogP contribution in [0.25, 0.3) is 0 Å². The fourth-order valence-electron chi connectivity index (χ4n) is 2.59. The van der Waals surface area contributed by atoms with Crippen LogP contribution in [0.1, 0.15) is 34.1 Å². The van der Waals surface area contributed by atoms with Gasteiger partial charge in [0.1, 0.15) is 0 Å². The highest BCUT2D eigenvalue weighted by Crippen LogP contribution is 2.25. The molecule has 27 heavy (non-hydrogen) atoms. The molecule has 0 unspecified atom stereocenters. The van der Waals surface area contributed by atoms with Gasteiger partial charge in [-0.2, -0.15) is 0 Å². The summed E-state index contributed by atoms with van der Waals surface area (Å²) in [6.07, 6.45) is 0.746. The Balaban J connectivity index is 2.53.